The maximum atomic E-state index is 6.45. The predicted molar refractivity (Wildman–Crippen MR) is 89.4 cm³/mol. The Kier molecular flexibility index (Phi) is 7.25. The number of unbranched alkanes of at least 4 members (excludes halogenated alkanes) is 5. The quantitative estimate of drug-likeness (QED) is 0.552. The van der Waals surface area contributed by atoms with Crippen LogP contribution in [0.2, 0.25) is 0 Å². The van der Waals surface area contributed by atoms with Crippen LogP contribution in [0.4, 0.5) is 0 Å². The van der Waals surface area contributed by atoms with Crippen molar-refractivity contribution in [2.45, 2.75) is 76.9 Å². The van der Waals surface area contributed by atoms with Gasteiger partial charge in [-0.15, -0.1) is 0 Å². The van der Waals surface area contributed by atoms with Crippen molar-refractivity contribution in [3.8, 4) is 0 Å². The summed E-state index contributed by atoms with van der Waals surface area (Å²) in [5.74, 6) is 0. The van der Waals surface area contributed by atoms with E-state index in [1.54, 1.807) is 0 Å². The summed E-state index contributed by atoms with van der Waals surface area (Å²) in [7, 11) is 0. The largest absolute Gasteiger partial charge is 0.376 e. The van der Waals surface area contributed by atoms with Gasteiger partial charge in [0.25, 0.3) is 0 Å². The Morgan fingerprint density at radius 2 is 1.86 bits per heavy atom. The maximum Gasteiger partial charge on any atom is 0.0767 e. The van der Waals surface area contributed by atoms with Crippen LogP contribution in [0.1, 0.15) is 75.5 Å². The van der Waals surface area contributed by atoms with Crippen LogP contribution in [0.25, 0.3) is 0 Å². The lowest BCUT2D eigenvalue weighted by Gasteiger charge is -2.23. The summed E-state index contributed by atoms with van der Waals surface area (Å²) in [6, 6.07) is 8.64. The molecule has 2 N–H and O–H groups in total. The summed E-state index contributed by atoms with van der Waals surface area (Å²) in [6.45, 7) is 3.13. The summed E-state index contributed by atoms with van der Waals surface area (Å²) in [4.78, 5) is 0. The number of ether oxygens (including phenoxy) is 1. The molecule has 2 unspecified atom stereocenters. The van der Waals surface area contributed by atoms with Gasteiger partial charge in [-0.3, -0.25) is 0 Å². The molecule has 2 rings (SSSR count). The molecule has 2 nitrogen and oxygen atoms in total. The molecule has 2 atom stereocenters. The second kappa shape index (κ2) is 9.22. The number of rotatable bonds is 8. The highest BCUT2D eigenvalue weighted by atomic mass is 16.5. The van der Waals surface area contributed by atoms with E-state index in [2.05, 4.69) is 31.2 Å². The lowest BCUT2D eigenvalue weighted by Crippen LogP contribution is -2.28. The van der Waals surface area contributed by atoms with Crippen molar-refractivity contribution >= 4 is 0 Å². The number of hydrogen-bond acceptors (Lipinski definition) is 2. The first-order valence-electron chi connectivity index (χ1n) is 8.78. The van der Waals surface area contributed by atoms with Gasteiger partial charge in [-0.05, 0) is 36.8 Å². The summed E-state index contributed by atoms with van der Waals surface area (Å²) >= 11 is 0. The van der Waals surface area contributed by atoms with Crippen molar-refractivity contribution in [3.05, 3.63) is 35.4 Å². The van der Waals surface area contributed by atoms with Gasteiger partial charge < -0.3 is 10.5 Å². The molecule has 0 aliphatic heterocycles. The second-order valence-corrected chi connectivity index (χ2v) is 6.29. The van der Waals surface area contributed by atoms with Gasteiger partial charge in [-0.25, -0.2) is 0 Å². The van der Waals surface area contributed by atoms with E-state index >= 15 is 0 Å². The van der Waals surface area contributed by atoms with Crippen molar-refractivity contribution in [3.63, 3.8) is 0 Å². The summed E-state index contributed by atoms with van der Waals surface area (Å²) in [5, 5.41) is 0. The Morgan fingerprint density at radius 1 is 1.10 bits per heavy atom. The number of nitrogens with two attached hydrogens (primary N) is 1. The third-order valence-corrected chi connectivity index (χ3v) is 4.58. The predicted octanol–water partition coefficient (Wildman–Crippen LogP) is 4.77. The molecule has 1 aliphatic carbocycles. The molecule has 0 fully saturated rings. The van der Waals surface area contributed by atoms with Crippen LogP contribution in [0.15, 0.2) is 24.3 Å². The Bertz CT molecular complexity index is 404. The molecule has 0 radical (unpaired) electrons. The molecule has 0 saturated heterocycles. The third kappa shape index (κ3) is 5.12. The molecule has 0 spiro atoms. The monoisotopic (exact) mass is 289 g/mol. The maximum absolute atomic E-state index is 6.45. The third-order valence-electron chi connectivity index (χ3n) is 4.58. The molecule has 1 aromatic rings. The fraction of sp³-hybridized carbons (Fsp3) is 0.684. The van der Waals surface area contributed by atoms with Crippen LogP contribution >= 0.6 is 0 Å². The van der Waals surface area contributed by atoms with Crippen LogP contribution in [-0.2, 0) is 11.2 Å². The van der Waals surface area contributed by atoms with Gasteiger partial charge in [-0.2, -0.15) is 0 Å². The molecule has 0 saturated carbocycles. The molecule has 0 heterocycles. The van der Waals surface area contributed by atoms with Gasteiger partial charge in [0, 0.05) is 6.61 Å². The summed E-state index contributed by atoms with van der Waals surface area (Å²) in [5.41, 5.74) is 9.15. The minimum absolute atomic E-state index is 0.0452. The first-order valence-corrected chi connectivity index (χ1v) is 8.78. The first-order chi connectivity index (χ1) is 10.3. The van der Waals surface area contributed by atoms with Crippen molar-refractivity contribution in [1.29, 1.82) is 0 Å². The molecule has 1 aromatic carbocycles. The Labute approximate surface area is 130 Å². The summed E-state index contributed by atoms with van der Waals surface area (Å²) < 4.78 is 6.11. The average molecular weight is 289 g/mol. The zero-order valence-corrected chi connectivity index (χ0v) is 13.5. The average Bonchev–Trinajstić information content (AvgIpc) is 2.67. The molecule has 1 aliphatic rings. The molecule has 2 heteroatoms. The SMILES string of the molecule is CCCCCCCCOC1CCCc2ccccc2C1N. The lowest BCUT2D eigenvalue weighted by atomic mass is 9.98. The standard InChI is InChI=1S/C19H31NO/c1-2-3-4-5-6-9-15-21-18-14-10-12-16-11-7-8-13-17(16)19(18)20/h7-8,11,13,18-19H,2-6,9-10,12,14-15,20H2,1H3. The van der Waals surface area contributed by atoms with E-state index in [4.69, 9.17) is 10.5 Å². The first kappa shape index (κ1) is 16.5. The molecule has 0 bridgehead atoms. The van der Waals surface area contributed by atoms with Crippen molar-refractivity contribution in [2.75, 3.05) is 6.61 Å². The molecule has 21 heavy (non-hydrogen) atoms. The smallest absolute Gasteiger partial charge is 0.0767 e. The van der Waals surface area contributed by atoms with E-state index in [9.17, 15) is 0 Å². The van der Waals surface area contributed by atoms with Gasteiger partial charge in [0.15, 0.2) is 0 Å². The van der Waals surface area contributed by atoms with Crippen LogP contribution < -0.4 is 5.73 Å². The minimum atomic E-state index is 0.0452. The minimum Gasteiger partial charge on any atom is -0.376 e. The number of hydrogen-bond donors (Lipinski definition) is 1. The lowest BCUT2D eigenvalue weighted by molar-refractivity contribution is 0.0278. The topological polar surface area (TPSA) is 35.2 Å². The van der Waals surface area contributed by atoms with Crippen LogP contribution in [0.5, 0.6) is 0 Å². The van der Waals surface area contributed by atoms with Crippen molar-refractivity contribution < 1.29 is 4.74 Å². The van der Waals surface area contributed by atoms with Crippen LogP contribution in [0, 0.1) is 0 Å². The van der Waals surface area contributed by atoms with Crippen LogP contribution in [0.3, 0.4) is 0 Å². The Morgan fingerprint density at radius 3 is 2.71 bits per heavy atom. The zero-order valence-electron chi connectivity index (χ0n) is 13.5. The zero-order chi connectivity index (χ0) is 14.9. The van der Waals surface area contributed by atoms with Crippen LogP contribution in [-0.4, -0.2) is 12.7 Å². The highest BCUT2D eigenvalue weighted by Gasteiger charge is 2.24. The highest BCUT2D eigenvalue weighted by molar-refractivity contribution is 5.31. The molecule has 118 valence electrons. The fourth-order valence-corrected chi connectivity index (χ4v) is 3.26. The normalized spacial score (nSPS) is 21.8. The van der Waals surface area contributed by atoms with E-state index in [1.807, 2.05) is 0 Å². The van der Waals surface area contributed by atoms with Gasteiger partial charge in [-0.1, -0.05) is 63.3 Å². The number of fused-ring (bicyclic) bond motifs is 1. The van der Waals surface area contributed by atoms with E-state index in [0.29, 0.717) is 0 Å². The van der Waals surface area contributed by atoms with E-state index in [-0.39, 0.29) is 12.1 Å². The fourth-order valence-electron chi connectivity index (χ4n) is 3.26. The highest BCUT2D eigenvalue weighted by Crippen LogP contribution is 2.29. The molecule has 0 aromatic heterocycles. The van der Waals surface area contributed by atoms with Crippen molar-refractivity contribution in [1.82, 2.24) is 0 Å². The molecular weight excluding hydrogens is 258 g/mol. The Balaban J connectivity index is 1.74. The van der Waals surface area contributed by atoms with E-state index in [0.717, 1.165) is 19.4 Å². The second-order valence-electron chi connectivity index (χ2n) is 6.29. The van der Waals surface area contributed by atoms with Crippen molar-refractivity contribution in [2.24, 2.45) is 5.73 Å². The Hall–Kier alpha value is -0.860. The van der Waals surface area contributed by atoms with Gasteiger partial charge in [0.1, 0.15) is 0 Å². The van der Waals surface area contributed by atoms with Gasteiger partial charge in [0.2, 0.25) is 0 Å². The van der Waals surface area contributed by atoms with E-state index < -0.39 is 0 Å². The number of benzene rings is 1. The molecular formula is C19H31NO. The molecule has 0 amide bonds. The van der Waals surface area contributed by atoms with Gasteiger partial charge in [0.05, 0.1) is 12.1 Å². The summed E-state index contributed by atoms with van der Waals surface area (Å²) in [6.07, 6.45) is 11.5. The van der Waals surface area contributed by atoms with E-state index in [1.165, 1.54) is 56.1 Å². The number of aryl methyl sites for hydroxylation is 1. The van der Waals surface area contributed by atoms with Gasteiger partial charge >= 0.3 is 0 Å².